The lowest BCUT2D eigenvalue weighted by atomic mass is 10.0. The summed E-state index contributed by atoms with van der Waals surface area (Å²) in [7, 11) is 0. The molecule has 4 rings (SSSR count). The van der Waals surface area contributed by atoms with Crippen molar-refractivity contribution in [3.05, 3.63) is 53.1 Å². The van der Waals surface area contributed by atoms with Crippen molar-refractivity contribution in [3.8, 4) is 34.7 Å². The minimum Gasteiger partial charge on any atom is -0.490 e. The van der Waals surface area contributed by atoms with E-state index >= 15 is 0 Å². The van der Waals surface area contributed by atoms with Gasteiger partial charge in [0, 0.05) is 17.2 Å². The third-order valence-corrected chi connectivity index (χ3v) is 4.69. The predicted molar refractivity (Wildman–Crippen MR) is 108 cm³/mol. The van der Waals surface area contributed by atoms with E-state index in [1.807, 2.05) is 32.0 Å². The second kappa shape index (κ2) is 8.01. The molecule has 0 bridgehead atoms. The molecule has 0 saturated carbocycles. The van der Waals surface area contributed by atoms with Gasteiger partial charge in [-0.15, -0.1) is 12.4 Å². The number of hydrogen-bond acceptors (Lipinski definition) is 6. The molecule has 0 radical (unpaired) electrons. The molecule has 1 aliphatic rings. The lowest BCUT2D eigenvalue weighted by Gasteiger charge is -2.11. The second-order valence-electron chi connectivity index (χ2n) is 6.93. The Morgan fingerprint density at radius 2 is 2.11 bits per heavy atom. The Kier molecular flexibility index (Phi) is 5.68. The normalized spacial score (nSPS) is 15.0. The van der Waals surface area contributed by atoms with Gasteiger partial charge in [-0.3, -0.25) is 0 Å². The van der Waals surface area contributed by atoms with Gasteiger partial charge in [0.25, 0.3) is 5.89 Å². The summed E-state index contributed by atoms with van der Waals surface area (Å²) in [4.78, 5) is 4.55. The number of ether oxygens (including phenoxy) is 1. The zero-order valence-corrected chi connectivity index (χ0v) is 16.5. The van der Waals surface area contributed by atoms with E-state index in [4.69, 9.17) is 15.0 Å². The molecule has 2 aromatic carbocycles. The third kappa shape index (κ3) is 3.59. The summed E-state index contributed by atoms with van der Waals surface area (Å²) < 4.78 is 11.1. The number of benzene rings is 2. The highest BCUT2D eigenvalue weighted by Gasteiger charge is 2.24. The van der Waals surface area contributed by atoms with Gasteiger partial charge in [-0.25, -0.2) is 0 Å². The van der Waals surface area contributed by atoms with Crippen LogP contribution in [0.25, 0.3) is 22.8 Å². The molecule has 144 valence electrons. The van der Waals surface area contributed by atoms with Crippen LogP contribution < -0.4 is 10.5 Å². The van der Waals surface area contributed by atoms with E-state index in [-0.39, 0.29) is 24.6 Å². The fourth-order valence-corrected chi connectivity index (χ4v) is 3.45. The molecule has 0 fully saturated rings. The van der Waals surface area contributed by atoms with Gasteiger partial charge in [0.05, 0.1) is 11.7 Å². The molecule has 2 N–H and O–H groups in total. The second-order valence-corrected chi connectivity index (χ2v) is 6.93. The monoisotopic (exact) mass is 396 g/mol. The Balaban J connectivity index is 0.00000225. The molecule has 1 atom stereocenters. The smallest absolute Gasteiger partial charge is 0.258 e. The van der Waals surface area contributed by atoms with Gasteiger partial charge >= 0.3 is 0 Å². The number of halogens is 1. The average Bonchev–Trinajstić information content (AvgIpc) is 3.29. The van der Waals surface area contributed by atoms with Crippen molar-refractivity contribution in [2.45, 2.75) is 38.8 Å². The number of nitrogens with zero attached hydrogens (tertiary/aromatic N) is 3. The van der Waals surface area contributed by atoms with Crippen LogP contribution >= 0.6 is 12.4 Å². The molecule has 1 heterocycles. The molecule has 6 nitrogen and oxygen atoms in total. The molecule has 3 aromatic rings. The van der Waals surface area contributed by atoms with Crippen molar-refractivity contribution in [1.82, 2.24) is 10.1 Å². The maximum Gasteiger partial charge on any atom is 0.258 e. The van der Waals surface area contributed by atoms with E-state index in [1.54, 1.807) is 12.1 Å². The van der Waals surface area contributed by atoms with Crippen LogP contribution in [0.3, 0.4) is 0 Å². The third-order valence-electron chi connectivity index (χ3n) is 4.69. The van der Waals surface area contributed by atoms with Crippen molar-refractivity contribution in [2.75, 3.05) is 0 Å². The summed E-state index contributed by atoms with van der Waals surface area (Å²) in [6.07, 6.45) is 1.83. The summed E-state index contributed by atoms with van der Waals surface area (Å²) in [5.74, 6) is 1.46. The van der Waals surface area contributed by atoms with Gasteiger partial charge in [0.1, 0.15) is 11.8 Å². The van der Waals surface area contributed by atoms with Crippen molar-refractivity contribution < 1.29 is 9.26 Å². The van der Waals surface area contributed by atoms with Crippen molar-refractivity contribution in [2.24, 2.45) is 5.73 Å². The fraction of sp³-hybridized carbons (Fsp3) is 0.286. The number of fused-ring (bicyclic) bond motifs is 1. The number of rotatable bonds is 4. The molecule has 1 aromatic heterocycles. The summed E-state index contributed by atoms with van der Waals surface area (Å²) in [6, 6.07) is 13.5. The maximum atomic E-state index is 9.41. The minimum absolute atomic E-state index is 0. The minimum atomic E-state index is -0.00972. The summed E-state index contributed by atoms with van der Waals surface area (Å²) in [6.45, 7) is 3.84. The quantitative estimate of drug-likeness (QED) is 0.700. The summed E-state index contributed by atoms with van der Waals surface area (Å²) in [5, 5.41) is 13.6. The lowest BCUT2D eigenvalue weighted by molar-refractivity contribution is 0.242. The molecule has 0 unspecified atom stereocenters. The van der Waals surface area contributed by atoms with E-state index in [0.29, 0.717) is 28.6 Å². The Morgan fingerprint density at radius 3 is 2.86 bits per heavy atom. The number of nitriles is 1. The van der Waals surface area contributed by atoms with Gasteiger partial charge in [0.2, 0.25) is 5.82 Å². The first-order chi connectivity index (χ1) is 13.1. The van der Waals surface area contributed by atoms with Crippen LogP contribution in [0.4, 0.5) is 0 Å². The molecule has 7 heteroatoms. The van der Waals surface area contributed by atoms with Gasteiger partial charge in [-0.05, 0) is 56.0 Å². The molecule has 0 aliphatic heterocycles. The Morgan fingerprint density at radius 1 is 1.29 bits per heavy atom. The molecular weight excluding hydrogens is 376 g/mol. The Labute approximate surface area is 169 Å². The van der Waals surface area contributed by atoms with Crippen LogP contribution in [-0.2, 0) is 6.42 Å². The van der Waals surface area contributed by atoms with Crippen LogP contribution in [0.2, 0.25) is 0 Å². The highest BCUT2D eigenvalue weighted by atomic mass is 35.5. The molecule has 0 amide bonds. The van der Waals surface area contributed by atoms with Crippen LogP contribution in [0, 0.1) is 11.3 Å². The van der Waals surface area contributed by atoms with Gasteiger partial charge in [-0.2, -0.15) is 10.2 Å². The largest absolute Gasteiger partial charge is 0.490 e. The van der Waals surface area contributed by atoms with Gasteiger partial charge in [0.15, 0.2) is 0 Å². The zero-order valence-electron chi connectivity index (χ0n) is 15.7. The van der Waals surface area contributed by atoms with E-state index in [2.05, 4.69) is 22.3 Å². The maximum absolute atomic E-state index is 9.41. The average molecular weight is 397 g/mol. The SMILES string of the molecule is CC(C)Oc1ccc(-c2nc(-c3cccc4c3CC[C@@H]4N)no2)cc1C#N.Cl. The highest BCUT2D eigenvalue weighted by Crippen LogP contribution is 2.36. The standard InChI is InChI=1S/C21H20N4O2.ClH/c1-12(2)26-19-9-6-13(10-14(19)11-22)21-24-20(25-27-21)17-5-3-4-16-15(17)7-8-18(16)23;/h3-6,9-10,12,18H,7-8,23H2,1-2H3;1H/t18-;/m0./s1. The molecule has 28 heavy (non-hydrogen) atoms. The first-order valence-electron chi connectivity index (χ1n) is 8.99. The molecular formula is C21H21ClN4O2. The van der Waals surface area contributed by atoms with E-state index in [1.165, 1.54) is 5.56 Å². The van der Waals surface area contributed by atoms with E-state index in [9.17, 15) is 5.26 Å². The molecule has 0 saturated heterocycles. The number of nitrogens with two attached hydrogens (primary N) is 1. The topological polar surface area (TPSA) is 98.0 Å². The Bertz CT molecular complexity index is 1040. The predicted octanol–water partition coefficient (Wildman–Crippen LogP) is 4.43. The van der Waals surface area contributed by atoms with Crippen LogP contribution in [0.5, 0.6) is 5.75 Å². The lowest BCUT2D eigenvalue weighted by Crippen LogP contribution is -2.06. The number of hydrogen-bond donors (Lipinski definition) is 1. The zero-order chi connectivity index (χ0) is 19.0. The fourth-order valence-electron chi connectivity index (χ4n) is 3.45. The van der Waals surface area contributed by atoms with Crippen LogP contribution in [0.1, 0.15) is 43.0 Å². The van der Waals surface area contributed by atoms with Crippen molar-refractivity contribution >= 4 is 12.4 Å². The molecule has 1 aliphatic carbocycles. The van der Waals surface area contributed by atoms with Gasteiger partial charge in [-0.1, -0.05) is 23.4 Å². The first-order valence-corrected chi connectivity index (χ1v) is 8.99. The first kappa shape index (κ1) is 19.9. The van der Waals surface area contributed by atoms with E-state index in [0.717, 1.165) is 24.0 Å². The van der Waals surface area contributed by atoms with E-state index < -0.39 is 0 Å². The van der Waals surface area contributed by atoms with Gasteiger partial charge < -0.3 is 15.0 Å². The Hall–Kier alpha value is -2.88. The summed E-state index contributed by atoms with van der Waals surface area (Å²) in [5.41, 5.74) is 10.6. The van der Waals surface area contributed by atoms with Crippen molar-refractivity contribution in [3.63, 3.8) is 0 Å². The molecule has 0 spiro atoms. The van der Waals surface area contributed by atoms with Crippen molar-refractivity contribution in [1.29, 1.82) is 5.26 Å². The highest BCUT2D eigenvalue weighted by molar-refractivity contribution is 5.85. The number of aromatic nitrogens is 2. The van der Waals surface area contributed by atoms with Crippen LogP contribution in [-0.4, -0.2) is 16.2 Å². The van der Waals surface area contributed by atoms with Crippen LogP contribution in [0.15, 0.2) is 40.9 Å². The summed E-state index contributed by atoms with van der Waals surface area (Å²) >= 11 is 0.